The first-order valence-electron chi connectivity index (χ1n) is 6.56. The SMILES string of the molecule is CCC1(CC)C(N)CC1Oc1cccnc1[N+](=O)[O-]. The van der Waals surface area contributed by atoms with E-state index in [-0.39, 0.29) is 29.1 Å². The molecule has 1 aromatic heterocycles. The molecule has 0 saturated heterocycles. The summed E-state index contributed by atoms with van der Waals surface area (Å²) in [6.45, 7) is 4.16. The van der Waals surface area contributed by atoms with Crippen LogP contribution in [-0.4, -0.2) is 22.1 Å². The van der Waals surface area contributed by atoms with Crippen molar-refractivity contribution in [3.05, 3.63) is 28.4 Å². The van der Waals surface area contributed by atoms with Crippen LogP contribution in [0, 0.1) is 15.5 Å². The Morgan fingerprint density at radius 2 is 2.26 bits per heavy atom. The highest BCUT2D eigenvalue weighted by atomic mass is 16.6. The fourth-order valence-electron chi connectivity index (χ4n) is 2.94. The molecule has 19 heavy (non-hydrogen) atoms. The van der Waals surface area contributed by atoms with Crippen molar-refractivity contribution >= 4 is 5.82 Å². The van der Waals surface area contributed by atoms with Gasteiger partial charge in [0.05, 0.1) is 0 Å². The molecule has 1 aromatic rings. The first-order valence-corrected chi connectivity index (χ1v) is 6.56. The van der Waals surface area contributed by atoms with Gasteiger partial charge in [-0.05, 0) is 34.9 Å². The molecule has 6 heteroatoms. The number of nitro groups is 1. The topological polar surface area (TPSA) is 91.3 Å². The highest BCUT2D eigenvalue weighted by Gasteiger charge is 2.53. The van der Waals surface area contributed by atoms with Gasteiger partial charge in [0, 0.05) is 17.9 Å². The van der Waals surface area contributed by atoms with Gasteiger partial charge < -0.3 is 20.6 Å². The molecule has 0 spiro atoms. The molecule has 1 aliphatic carbocycles. The monoisotopic (exact) mass is 265 g/mol. The lowest BCUT2D eigenvalue weighted by Crippen LogP contribution is -2.63. The quantitative estimate of drug-likeness (QED) is 0.651. The third-order valence-electron chi connectivity index (χ3n) is 4.36. The molecular formula is C13H19N3O3. The maximum absolute atomic E-state index is 10.9. The second kappa shape index (κ2) is 5.13. The molecule has 2 N–H and O–H groups in total. The molecule has 1 aliphatic rings. The second-order valence-electron chi connectivity index (χ2n) is 4.97. The van der Waals surface area contributed by atoms with Gasteiger partial charge in [-0.1, -0.05) is 13.8 Å². The van der Waals surface area contributed by atoms with Crippen molar-refractivity contribution in [1.29, 1.82) is 0 Å². The molecule has 2 atom stereocenters. The average molecular weight is 265 g/mol. The van der Waals surface area contributed by atoms with E-state index in [1.54, 1.807) is 12.1 Å². The Kier molecular flexibility index (Phi) is 3.71. The highest BCUT2D eigenvalue weighted by Crippen LogP contribution is 2.48. The lowest BCUT2D eigenvalue weighted by molar-refractivity contribution is -0.391. The second-order valence-corrected chi connectivity index (χ2v) is 4.97. The van der Waals surface area contributed by atoms with E-state index in [4.69, 9.17) is 10.5 Å². The summed E-state index contributed by atoms with van der Waals surface area (Å²) >= 11 is 0. The van der Waals surface area contributed by atoms with Crippen LogP contribution >= 0.6 is 0 Å². The van der Waals surface area contributed by atoms with Gasteiger partial charge >= 0.3 is 5.82 Å². The van der Waals surface area contributed by atoms with Crippen LogP contribution in [0.2, 0.25) is 0 Å². The van der Waals surface area contributed by atoms with Crippen LogP contribution in [0.5, 0.6) is 5.75 Å². The molecule has 1 heterocycles. The normalized spacial score (nSPS) is 24.6. The predicted octanol–water partition coefficient (Wildman–Crippen LogP) is 2.27. The van der Waals surface area contributed by atoms with E-state index in [1.165, 1.54) is 6.20 Å². The third-order valence-corrected chi connectivity index (χ3v) is 4.36. The summed E-state index contributed by atoms with van der Waals surface area (Å²) in [5, 5.41) is 10.9. The molecular weight excluding hydrogens is 246 g/mol. The minimum atomic E-state index is -0.520. The number of rotatable bonds is 5. The van der Waals surface area contributed by atoms with Crippen LogP contribution in [0.3, 0.4) is 0 Å². The summed E-state index contributed by atoms with van der Waals surface area (Å²) in [5.41, 5.74) is 6.01. The van der Waals surface area contributed by atoms with Crippen LogP contribution < -0.4 is 10.5 Å². The Labute approximate surface area is 112 Å². The standard InChI is InChI=1S/C13H19N3O3/c1-3-13(4-2)10(14)8-11(13)19-9-6-5-7-15-12(9)16(17)18/h5-7,10-11H,3-4,8,14H2,1-2H3. The van der Waals surface area contributed by atoms with Gasteiger partial charge in [-0.15, -0.1) is 0 Å². The maximum Gasteiger partial charge on any atom is 0.406 e. The van der Waals surface area contributed by atoms with Crippen molar-refractivity contribution in [3.8, 4) is 5.75 Å². The Morgan fingerprint density at radius 3 is 2.79 bits per heavy atom. The minimum absolute atomic E-state index is 0.0691. The molecule has 2 unspecified atom stereocenters. The third kappa shape index (κ3) is 2.16. The summed E-state index contributed by atoms with van der Waals surface area (Å²) in [6.07, 6.45) is 3.87. The summed E-state index contributed by atoms with van der Waals surface area (Å²) in [4.78, 5) is 14.1. The zero-order chi connectivity index (χ0) is 14.0. The van der Waals surface area contributed by atoms with Crippen LogP contribution in [-0.2, 0) is 0 Å². The van der Waals surface area contributed by atoms with E-state index >= 15 is 0 Å². The Morgan fingerprint density at radius 1 is 1.58 bits per heavy atom. The van der Waals surface area contributed by atoms with Crippen molar-refractivity contribution in [1.82, 2.24) is 4.98 Å². The fraction of sp³-hybridized carbons (Fsp3) is 0.615. The smallest absolute Gasteiger partial charge is 0.406 e. The summed E-state index contributed by atoms with van der Waals surface area (Å²) < 4.78 is 5.83. The lowest BCUT2D eigenvalue weighted by Gasteiger charge is -2.53. The number of nitrogens with zero attached hydrogens (tertiary/aromatic N) is 2. The van der Waals surface area contributed by atoms with Crippen LogP contribution in [0.1, 0.15) is 33.1 Å². The van der Waals surface area contributed by atoms with E-state index < -0.39 is 4.92 Å². The van der Waals surface area contributed by atoms with Crippen molar-refractivity contribution < 1.29 is 9.66 Å². The number of ether oxygens (including phenoxy) is 1. The van der Waals surface area contributed by atoms with Gasteiger partial charge in [-0.3, -0.25) is 0 Å². The zero-order valence-electron chi connectivity index (χ0n) is 11.2. The average Bonchev–Trinajstić information content (AvgIpc) is 2.40. The van der Waals surface area contributed by atoms with E-state index in [2.05, 4.69) is 18.8 Å². The molecule has 0 bridgehead atoms. The number of hydrogen-bond donors (Lipinski definition) is 1. The summed E-state index contributed by atoms with van der Waals surface area (Å²) in [7, 11) is 0. The minimum Gasteiger partial charge on any atom is -0.482 e. The van der Waals surface area contributed by atoms with Crippen molar-refractivity contribution in [2.75, 3.05) is 0 Å². The lowest BCUT2D eigenvalue weighted by atomic mass is 9.59. The van der Waals surface area contributed by atoms with Crippen LogP contribution in [0.25, 0.3) is 0 Å². The van der Waals surface area contributed by atoms with E-state index in [1.807, 2.05) is 0 Å². The van der Waals surface area contributed by atoms with Gasteiger partial charge in [0.25, 0.3) is 0 Å². The van der Waals surface area contributed by atoms with E-state index in [9.17, 15) is 10.1 Å². The Balaban J connectivity index is 2.21. The Bertz CT molecular complexity index is 474. The fourth-order valence-corrected chi connectivity index (χ4v) is 2.94. The number of aromatic nitrogens is 1. The van der Waals surface area contributed by atoms with Crippen molar-refractivity contribution in [2.45, 2.75) is 45.3 Å². The highest BCUT2D eigenvalue weighted by molar-refractivity contribution is 5.39. The van der Waals surface area contributed by atoms with Crippen LogP contribution in [0.4, 0.5) is 5.82 Å². The number of nitrogens with two attached hydrogens (primary N) is 1. The van der Waals surface area contributed by atoms with Gasteiger partial charge in [0.15, 0.2) is 0 Å². The maximum atomic E-state index is 10.9. The van der Waals surface area contributed by atoms with Crippen LogP contribution in [0.15, 0.2) is 18.3 Å². The predicted molar refractivity (Wildman–Crippen MR) is 70.9 cm³/mol. The summed E-state index contributed by atoms with van der Waals surface area (Å²) in [6, 6.07) is 3.33. The van der Waals surface area contributed by atoms with Gasteiger partial charge in [0.2, 0.25) is 5.75 Å². The molecule has 1 saturated carbocycles. The van der Waals surface area contributed by atoms with Crippen molar-refractivity contribution in [2.24, 2.45) is 11.1 Å². The molecule has 1 fully saturated rings. The first kappa shape index (κ1) is 13.7. The summed E-state index contributed by atoms with van der Waals surface area (Å²) in [5.74, 6) is -0.000229. The molecule has 0 amide bonds. The largest absolute Gasteiger partial charge is 0.482 e. The van der Waals surface area contributed by atoms with Gasteiger partial charge in [0.1, 0.15) is 12.3 Å². The van der Waals surface area contributed by atoms with Crippen molar-refractivity contribution in [3.63, 3.8) is 0 Å². The molecule has 0 aliphatic heterocycles. The van der Waals surface area contributed by atoms with Gasteiger partial charge in [-0.25, -0.2) is 0 Å². The molecule has 104 valence electrons. The zero-order valence-corrected chi connectivity index (χ0v) is 11.2. The van der Waals surface area contributed by atoms with E-state index in [0.717, 1.165) is 19.3 Å². The number of pyridine rings is 1. The molecule has 2 rings (SSSR count). The molecule has 0 radical (unpaired) electrons. The first-order chi connectivity index (χ1) is 9.05. The van der Waals surface area contributed by atoms with Gasteiger partial charge in [-0.2, -0.15) is 0 Å². The number of hydrogen-bond acceptors (Lipinski definition) is 5. The van der Waals surface area contributed by atoms with E-state index in [0.29, 0.717) is 0 Å². The molecule has 0 aromatic carbocycles. The Hall–Kier alpha value is -1.69. The molecule has 6 nitrogen and oxygen atoms in total.